The van der Waals surface area contributed by atoms with E-state index < -0.39 is 7.92 Å². The lowest BCUT2D eigenvalue weighted by molar-refractivity contribution is 1.59. The van der Waals surface area contributed by atoms with Gasteiger partial charge in [-0.05, 0) is 78.8 Å². The van der Waals surface area contributed by atoms with E-state index in [1.165, 1.54) is 70.8 Å². The number of hydrogen-bond donors (Lipinski definition) is 0. The van der Waals surface area contributed by atoms with Crippen LogP contribution in [0.3, 0.4) is 0 Å². The van der Waals surface area contributed by atoms with Crippen LogP contribution in [0.4, 0.5) is 0 Å². The van der Waals surface area contributed by atoms with E-state index in [9.17, 15) is 0 Å². The Morgan fingerprint density at radius 2 is 0.761 bits per heavy atom. The first-order valence-electron chi connectivity index (χ1n) is 15.5. The Bertz CT molecular complexity index is 2220. The van der Waals surface area contributed by atoms with Gasteiger partial charge < -0.3 is 0 Å². The van der Waals surface area contributed by atoms with E-state index in [4.69, 9.17) is 0 Å². The van der Waals surface area contributed by atoms with Gasteiger partial charge in [-0.25, -0.2) is 0 Å². The van der Waals surface area contributed by atoms with E-state index >= 15 is 0 Å². The molecule has 0 N–H and O–H groups in total. The van der Waals surface area contributed by atoms with Crippen molar-refractivity contribution in [2.75, 3.05) is 0 Å². The summed E-state index contributed by atoms with van der Waals surface area (Å²) in [5.41, 5.74) is 7.57. The van der Waals surface area contributed by atoms with Gasteiger partial charge >= 0.3 is 0 Å². The molecule has 8 aromatic rings. The first kappa shape index (κ1) is 29.8. The highest BCUT2D eigenvalue weighted by Crippen LogP contribution is 2.47. The van der Waals surface area contributed by atoms with Gasteiger partial charge in [-0.15, -0.1) is 0 Å². The second-order valence-corrected chi connectivity index (χ2v) is 13.5. The van der Waals surface area contributed by atoms with Crippen LogP contribution in [0.1, 0.15) is 0 Å². The second-order valence-electron chi connectivity index (χ2n) is 11.3. The van der Waals surface area contributed by atoms with Gasteiger partial charge in [0.1, 0.15) is 0 Å². The van der Waals surface area contributed by atoms with Crippen LogP contribution in [0.15, 0.2) is 188 Å². The van der Waals surface area contributed by atoms with E-state index in [2.05, 4.69) is 188 Å². The summed E-state index contributed by atoms with van der Waals surface area (Å²) in [5.74, 6) is 0. The molecule has 220 valence electrons. The third kappa shape index (κ3) is 5.46. The predicted molar refractivity (Wildman–Crippen MR) is 208 cm³/mol. The van der Waals surface area contributed by atoms with Crippen molar-refractivity contribution in [2.24, 2.45) is 0 Å². The first-order chi connectivity index (χ1) is 22.4. The molecule has 0 saturated carbocycles. The molecular weight excluding hydrogens is 590 g/mol. The largest absolute Gasteiger partial charge is 0.153 e. The Labute approximate surface area is 275 Å². The normalized spacial score (nSPS) is 11.1. The van der Waals surface area contributed by atoms with Crippen LogP contribution in [0.2, 0.25) is 0 Å². The molecule has 0 spiro atoms. The minimum absolute atomic E-state index is 0. The lowest BCUT2D eigenvalue weighted by Gasteiger charge is -2.26. The van der Waals surface area contributed by atoms with Gasteiger partial charge in [0.15, 0.2) is 0 Å². The van der Waals surface area contributed by atoms with Gasteiger partial charge in [0, 0.05) is 0 Å². The maximum Gasteiger partial charge on any atom is -0.000924 e. The quantitative estimate of drug-likeness (QED) is 0.162. The van der Waals surface area contributed by atoms with Crippen LogP contribution >= 0.6 is 17.8 Å². The summed E-state index contributed by atoms with van der Waals surface area (Å²) < 4.78 is 0. The molecular formula is C44H34P2. The van der Waals surface area contributed by atoms with Gasteiger partial charge in [0.05, 0.1) is 0 Å². The Hall–Kier alpha value is -4.86. The molecule has 46 heavy (non-hydrogen) atoms. The van der Waals surface area contributed by atoms with Crippen molar-refractivity contribution < 1.29 is 0 Å². The Morgan fingerprint density at radius 3 is 1.37 bits per heavy atom. The summed E-state index contributed by atoms with van der Waals surface area (Å²) in [6.45, 7) is 0. The topological polar surface area (TPSA) is 0 Å². The van der Waals surface area contributed by atoms with Gasteiger partial charge in [0.25, 0.3) is 0 Å². The molecule has 0 nitrogen and oxygen atoms in total. The van der Waals surface area contributed by atoms with Crippen molar-refractivity contribution in [1.29, 1.82) is 0 Å². The summed E-state index contributed by atoms with van der Waals surface area (Å²) in [6.07, 6.45) is 0. The molecule has 2 heteroatoms. The molecule has 1 unspecified atom stereocenters. The molecule has 0 amide bonds. The second kappa shape index (κ2) is 13.2. The monoisotopic (exact) mass is 624 g/mol. The zero-order chi connectivity index (χ0) is 30.0. The van der Waals surface area contributed by atoms with Crippen LogP contribution in [-0.2, 0) is 0 Å². The molecule has 0 aliphatic rings. The van der Waals surface area contributed by atoms with E-state index in [1.807, 2.05) is 0 Å². The average molecular weight is 625 g/mol. The summed E-state index contributed by atoms with van der Waals surface area (Å²) in [5, 5.41) is 9.12. The zero-order valence-electron chi connectivity index (χ0n) is 25.6. The van der Waals surface area contributed by atoms with Crippen LogP contribution in [0.25, 0.3) is 54.9 Å². The molecule has 8 rings (SSSR count). The minimum atomic E-state index is -0.852. The molecule has 0 radical (unpaired) electrons. The Morgan fingerprint density at radius 1 is 0.304 bits per heavy atom. The highest BCUT2D eigenvalue weighted by atomic mass is 31.1. The standard InChI is InChI=1S/C44H31P.H3P/c1-4-16-32(17-5-1)37-24-14-15-27-40(37)41-30-28-33-18-10-12-25-38(33)43(41)44-39-26-13-11-19-34(39)29-31-42(44)45(35-20-6-2-7-21-35)36-22-8-3-9-23-36;/h1-31H;1H3. The molecule has 0 heterocycles. The molecule has 0 bridgehead atoms. The molecule has 1 atom stereocenters. The van der Waals surface area contributed by atoms with Crippen molar-refractivity contribution in [2.45, 2.75) is 0 Å². The lowest BCUT2D eigenvalue weighted by Crippen LogP contribution is -2.22. The van der Waals surface area contributed by atoms with Crippen molar-refractivity contribution in [1.82, 2.24) is 0 Å². The third-order valence-electron chi connectivity index (χ3n) is 8.66. The van der Waals surface area contributed by atoms with Crippen molar-refractivity contribution in [3.05, 3.63) is 188 Å². The maximum atomic E-state index is 2.40. The fourth-order valence-electron chi connectivity index (χ4n) is 6.64. The Kier molecular flexibility index (Phi) is 8.59. The van der Waals surface area contributed by atoms with Crippen LogP contribution in [-0.4, -0.2) is 0 Å². The van der Waals surface area contributed by atoms with E-state index in [-0.39, 0.29) is 9.90 Å². The molecule has 0 fully saturated rings. The van der Waals surface area contributed by atoms with Crippen molar-refractivity contribution >= 4 is 55.3 Å². The van der Waals surface area contributed by atoms with Crippen molar-refractivity contribution in [3.63, 3.8) is 0 Å². The molecule has 8 aromatic carbocycles. The van der Waals surface area contributed by atoms with Gasteiger partial charge in [-0.1, -0.05) is 188 Å². The number of rotatable bonds is 6. The molecule has 0 aromatic heterocycles. The SMILES string of the molecule is P.c1ccc(-c2ccccc2-c2ccc3ccccc3c2-c2c(P(c3ccccc3)c3ccccc3)ccc3ccccc23)cc1. The zero-order valence-corrected chi connectivity index (χ0v) is 27.9. The van der Waals surface area contributed by atoms with E-state index in [0.717, 1.165) is 0 Å². The fraction of sp³-hybridized carbons (Fsp3) is 0. The maximum absolute atomic E-state index is 2.40. The average Bonchev–Trinajstić information content (AvgIpc) is 3.12. The first-order valence-corrected chi connectivity index (χ1v) is 16.8. The van der Waals surface area contributed by atoms with E-state index in [1.54, 1.807) is 0 Å². The van der Waals surface area contributed by atoms with Gasteiger partial charge in [-0.3, -0.25) is 0 Å². The lowest BCUT2D eigenvalue weighted by atomic mass is 9.85. The molecule has 0 aliphatic heterocycles. The van der Waals surface area contributed by atoms with Crippen LogP contribution < -0.4 is 15.9 Å². The highest BCUT2D eigenvalue weighted by Gasteiger charge is 2.25. The number of benzene rings is 8. The number of fused-ring (bicyclic) bond motifs is 2. The summed E-state index contributed by atoms with van der Waals surface area (Å²) in [6, 6.07) is 68.9. The Balaban J connectivity index is 0.00000338. The highest BCUT2D eigenvalue weighted by molar-refractivity contribution is 7.80. The van der Waals surface area contributed by atoms with Crippen molar-refractivity contribution in [3.8, 4) is 33.4 Å². The van der Waals surface area contributed by atoms with Gasteiger partial charge in [0.2, 0.25) is 0 Å². The van der Waals surface area contributed by atoms with Gasteiger partial charge in [-0.2, -0.15) is 9.90 Å². The van der Waals surface area contributed by atoms with E-state index in [0.29, 0.717) is 0 Å². The summed E-state index contributed by atoms with van der Waals surface area (Å²) in [4.78, 5) is 0. The predicted octanol–water partition coefficient (Wildman–Crippen LogP) is 10.8. The molecule has 0 aliphatic carbocycles. The summed E-state index contributed by atoms with van der Waals surface area (Å²) >= 11 is 0. The number of hydrogen-bond acceptors (Lipinski definition) is 0. The summed E-state index contributed by atoms with van der Waals surface area (Å²) in [7, 11) is -0.852. The smallest absolute Gasteiger partial charge is 0.000924 e. The fourth-order valence-corrected chi connectivity index (χ4v) is 9.12. The molecule has 0 saturated heterocycles. The van der Waals surface area contributed by atoms with Crippen LogP contribution in [0.5, 0.6) is 0 Å². The van der Waals surface area contributed by atoms with Crippen LogP contribution in [0, 0.1) is 0 Å². The third-order valence-corrected chi connectivity index (χ3v) is 11.1. The minimum Gasteiger partial charge on any atom is -0.153 e.